The number of anilines is 1. The second-order valence-electron chi connectivity index (χ2n) is 3.39. The number of likely N-dealkylation sites (N-methyl/N-ethyl adjacent to an activating group) is 1. The predicted molar refractivity (Wildman–Crippen MR) is 69.1 cm³/mol. The summed E-state index contributed by atoms with van der Waals surface area (Å²) in [7, 11) is 0. The number of carbonyl (C=O) groups is 1. The Bertz CT molecular complexity index is 296. The lowest BCUT2D eigenvalue weighted by Crippen LogP contribution is -2.36. The van der Waals surface area contributed by atoms with Crippen molar-refractivity contribution in [2.75, 3.05) is 31.5 Å². The summed E-state index contributed by atoms with van der Waals surface area (Å²) < 4.78 is 0. The summed E-state index contributed by atoms with van der Waals surface area (Å²) in [5.74, 6) is 0. The minimum atomic E-state index is -0.130. The Kier molecular flexibility index (Phi) is 5.88. The molecule has 1 aromatic heterocycles. The van der Waals surface area contributed by atoms with Crippen molar-refractivity contribution in [3.8, 4) is 0 Å². The lowest BCUT2D eigenvalue weighted by molar-refractivity contribution is 0.248. The maximum Gasteiger partial charge on any atom is 0.319 e. The molecule has 1 heterocycles. The SMILES string of the molecule is CCN(CC)CCNC(=O)Nc1cccs1. The van der Waals surface area contributed by atoms with E-state index < -0.39 is 0 Å². The first kappa shape index (κ1) is 13.0. The quantitative estimate of drug-likeness (QED) is 0.802. The Morgan fingerprint density at radius 3 is 2.75 bits per heavy atom. The molecular formula is C11H19N3OS. The molecule has 16 heavy (non-hydrogen) atoms. The molecule has 5 heteroatoms. The van der Waals surface area contributed by atoms with E-state index in [2.05, 4.69) is 29.4 Å². The predicted octanol–water partition coefficient (Wildman–Crippen LogP) is 2.21. The summed E-state index contributed by atoms with van der Waals surface area (Å²) in [5, 5.41) is 8.43. The van der Waals surface area contributed by atoms with Gasteiger partial charge in [0.2, 0.25) is 0 Å². The maximum atomic E-state index is 11.4. The number of urea groups is 1. The number of carbonyl (C=O) groups excluding carboxylic acids is 1. The molecule has 0 atom stereocenters. The summed E-state index contributed by atoms with van der Waals surface area (Å²) in [6, 6.07) is 3.67. The Hall–Kier alpha value is -1.07. The van der Waals surface area contributed by atoms with E-state index in [0.717, 1.165) is 24.6 Å². The van der Waals surface area contributed by atoms with Crippen LogP contribution in [-0.4, -0.2) is 37.1 Å². The van der Waals surface area contributed by atoms with Gasteiger partial charge in [0, 0.05) is 13.1 Å². The molecule has 0 aromatic carbocycles. The lowest BCUT2D eigenvalue weighted by atomic mass is 10.4. The van der Waals surface area contributed by atoms with Gasteiger partial charge in [0.25, 0.3) is 0 Å². The summed E-state index contributed by atoms with van der Waals surface area (Å²) in [5.41, 5.74) is 0. The smallest absolute Gasteiger partial charge is 0.319 e. The van der Waals surface area contributed by atoms with Crippen LogP contribution in [-0.2, 0) is 0 Å². The molecule has 0 aliphatic rings. The fourth-order valence-electron chi connectivity index (χ4n) is 1.37. The van der Waals surface area contributed by atoms with Crippen LogP contribution in [0.2, 0.25) is 0 Å². The van der Waals surface area contributed by atoms with Crippen molar-refractivity contribution in [3.05, 3.63) is 17.5 Å². The second-order valence-corrected chi connectivity index (χ2v) is 4.33. The van der Waals surface area contributed by atoms with Crippen LogP contribution in [0, 0.1) is 0 Å². The molecule has 0 aliphatic heterocycles. The van der Waals surface area contributed by atoms with Crippen molar-refractivity contribution >= 4 is 22.4 Å². The highest BCUT2D eigenvalue weighted by Crippen LogP contribution is 2.14. The number of nitrogens with one attached hydrogen (secondary N) is 2. The van der Waals surface area contributed by atoms with E-state index in [-0.39, 0.29) is 6.03 Å². The Morgan fingerprint density at radius 2 is 2.19 bits per heavy atom. The molecule has 0 unspecified atom stereocenters. The van der Waals surface area contributed by atoms with E-state index in [9.17, 15) is 4.79 Å². The Morgan fingerprint density at radius 1 is 1.44 bits per heavy atom. The normalized spacial score (nSPS) is 10.4. The molecule has 0 aliphatic carbocycles. The van der Waals surface area contributed by atoms with Gasteiger partial charge in [0.1, 0.15) is 0 Å². The van der Waals surface area contributed by atoms with E-state index in [1.165, 1.54) is 11.3 Å². The average molecular weight is 241 g/mol. The molecule has 2 amide bonds. The van der Waals surface area contributed by atoms with Crippen molar-refractivity contribution in [3.63, 3.8) is 0 Å². The van der Waals surface area contributed by atoms with E-state index in [1.54, 1.807) is 0 Å². The monoisotopic (exact) mass is 241 g/mol. The van der Waals surface area contributed by atoms with Gasteiger partial charge in [-0.2, -0.15) is 0 Å². The van der Waals surface area contributed by atoms with Gasteiger partial charge in [-0.05, 0) is 30.6 Å². The third-order valence-corrected chi connectivity index (χ3v) is 3.15. The average Bonchev–Trinajstić information content (AvgIpc) is 2.77. The molecular weight excluding hydrogens is 222 g/mol. The van der Waals surface area contributed by atoms with E-state index in [4.69, 9.17) is 0 Å². The zero-order valence-corrected chi connectivity index (χ0v) is 10.6. The molecule has 0 radical (unpaired) electrons. The summed E-state index contributed by atoms with van der Waals surface area (Å²) >= 11 is 1.52. The maximum absolute atomic E-state index is 11.4. The highest BCUT2D eigenvalue weighted by molar-refractivity contribution is 7.14. The Balaban J connectivity index is 2.15. The van der Waals surface area contributed by atoms with Crippen LogP contribution in [0.3, 0.4) is 0 Å². The highest BCUT2D eigenvalue weighted by atomic mass is 32.1. The van der Waals surface area contributed by atoms with Gasteiger partial charge in [0.05, 0.1) is 5.00 Å². The first-order valence-corrected chi connectivity index (χ1v) is 6.45. The van der Waals surface area contributed by atoms with Crippen LogP contribution in [0.25, 0.3) is 0 Å². The van der Waals surface area contributed by atoms with Gasteiger partial charge < -0.3 is 10.2 Å². The molecule has 1 aromatic rings. The molecule has 0 fully saturated rings. The second kappa shape index (κ2) is 7.24. The topological polar surface area (TPSA) is 44.4 Å². The molecule has 0 saturated heterocycles. The van der Waals surface area contributed by atoms with Crippen molar-refractivity contribution in [2.45, 2.75) is 13.8 Å². The standard InChI is InChI=1S/C11H19N3OS/c1-3-14(4-2)8-7-12-11(15)13-10-6-5-9-16-10/h5-6,9H,3-4,7-8H2,1-2H3,(H2,12,13,15). The number of rotatable bonds is 6. The third kappa shape index (κ3) is 4.63. The fourth-order valence-corrected chi connectivity index (χ4v) is 1.99. The van der Waals surface area contributed by atoms with Crippen molar-refractivity contribution in [1.82, 2.24) is 10.2 Å². The van der Waals surface area contributed by atoms with E-state index >= 15 is 0 Å². The molecule has 1 rings (SSSR count). The molecule has 0 spiro atoms. The number of amides is 2. The Labute approximate surface area is 101 Å². The molecule has 90 valence electrons. The van der Waals surface area contributed by atoms with Crippen molar-refractivity contribution in [2.24, 2.45) is 0 Å². The van der Waals surface area contributed by atoms with Crippen molar-refractivity contribution in [1.29, 1.82) is 0 Å². The highest BCUT2D eigenvalue weighted by Gasteiger charge is 2.02. The molecule has 2 N–H and O–H groups in total. The fraction of sp³-hybridized carbons (Fsp3) is 0.545. The zero-order chi connectivity index (χ0) is 11.8. The minimum absolute atomic E-state index is 0.130. The zero-order valence-electron chi connectivity index (χ0n) is 9.82. The summed E-state index contributed by atoms with van der Waals surface area (Å²) in [4.78, 5) is 13.7. The molecule has 0 bridgehead atoms. The van der Waals surface area contributed by atoms with Crippen LogP contribution in [0.4, 0.5) is 9.80 Å². The summed E-state index contributed by atoms with van der Waals surface area (Å²) in [6.07, 6.45) is 0. The van der Waals surface area contributed by atoms with Crippen LogP contribution in [0.1, 0.15) is 13.8 Å². The van der Waals surface area contributed by atoms with Gasteiger partial charge >= 0.3 is 6.03 Å². The van der Waals surface area contributed by atoms with Crippen molar-refractivity contribution < 1.29 is 4.79 Å². The van der Waals surface area contributed by atoms with Gasteiger partial charge in [-0.3, -0.25) is 5.32 Å². The van der Waals surface area contributed by atoms with E-state index in [0.29, 0.717) is 6.54 Å². The van der Waals surface area contributed by atoms with Gasteiger partial charge in [-0.1, -0.05) is 13.8 Å². The molecule has 0 saturated carbocycles. The van der Waals surface area contributed by atoms with Crippen LogP contribution < -0.4 is 10.6 Å². The number of hydrogen-bond donors (Lipinski definition) is 2. The van der Waals surface area contributed by atoms with Gasteiger partial charge in [0.15, 0.2) is 0 Å². The van der Waals surface area contributed by atoms with Crippen LogP contribution in [0.15, 0.2) is 17.5 Å². The van der Waals surface area contributed by atoms with Crippen LogP contribution in [0.5, 0.6) is 0 Å². The number of thiophene rings is 1. The van der Waals surface area contributed by atoms with E-state index in [1.807, 2.05) is 17.5 Å². The first-order chi connectivity index (χ1) is 7.76. The lowest BCUT2D eigenvalue weighted by Gasteiger charge is -2.17. The minimum Gasteiger partial charge on any atom is -0.337 e. The summed E-state index contributed by atoms with van der Waals surface area (Å²) in [6.45, 7) is 7.85. The van der Waals surface area contributed by atoms with Gasteiger partial charge in [-0.15, -0.1) is 11.3 Å². The number of hydrogen-bond acceptors (Lipinski definition) is 3. The third-order valence-electron chi connectivity index (χ3n) is 2.37. The largest absolute Gasteiger partial charge is 0.337 e. The number of nitrogens with zero attached hydrogens (tertiary/aromatic N) is 1. The molecule has 4 nitrogen and oxygen atoms in total. The van der Waals surface area contributed by atoms with Gasteiger partial charge in [-0.25, -0.2) is 4.79 Å². The van der Waals surface area contributed by atoms with Crippen LogP contribution >= 0.6 is 11.3 Å². The first-order valence-electron chi connectivity index (χ1n) is 5.57.